The number of nitrogens with zero attached hydrogens (tertiary/aromatic N) is 3. The fourth-order valence-corrected chi connectivity index (χ4v) is 5.39. The van der Waals surface area contributed by atoms with Gasteiger partial charge in [-0.15, -0.1) is 0 Å². The molecule has 0 unspecified atom stereocenters. The van der Waals surface area contributed by atoms with Gasteiger partial charge in [-0.3, -0.25) is 9.80 Å². The summed E-state index contributed by atoms with van der Waals surface area (Å²) in [4.78, 5) is 33.5. The first kappa shape index (κ1) is 29.4. The van der Waals surface area contributed by atoms with Gasteiger partial charge in [0, 0.05) is 37.4 Å². The number of pyridine rings is 1. The molecular weight excluding hydrogens is 534 g/mol. The highest BCUT2D eigenvalue weighted by atomic mass is 16.6. The number of carbonyl (C=O) groups excluding carboxylic acids is 2. The van der Waals surface area contributed by atoms with Gasteiger partial charge in [0.2, 0.25) is 5.88 Å². The van der Waals surface area contributed by atoms with Crippen molar-refractivity contribution >= 4 is 12.1 Å². The molecule has 1 atom stereocenters. The van der Waals surface area contributed by atoms with Crippen molar-refractivity contribution in [2.24, 2.45) is 0 Å². The van der Waals surface area contributed by atoms with Crippen molar-refractivity contribution in [3.8, 4) is 17.4 Å². The number of aryl methyl sites for hydroxylation is 1. The maximum atomic E-state index is 12.6. The molecule has 3 heterocycles. The molecule has 1 aromatic heterocycles. The van der Waals surface area contributed by atoms with Gasteiger partial charge in [-0.25, -0.2) is 14.6 Å². The first-order valence-electron chi connectivity index (χ1n) is 14.5. The third-order valence-corrected chi connectivity index (χ3v) is 7.43. The number of ether oxygens (including phenoxy) is 4. The smallest absolute Gasteiger partial charge is 0.410 e. The summed E-state index contributed by atoms with van der Waals surface area (Å²) in [5, 5.41) is 0. The van der Waals surface area contributed by atoms with Crippen LogP contribution in [0.25, 0.3) is 0 Å². The van der Waals surface area contributed by atoms with Crippen LogP contribution in [0.15, 0.2) is 66.7 Å². The minimum Gasteiger partial charge on any atom is -0.482 e. The summed E-state index contributed by atoms with van der Waals surface area (Å²) in [7, 11) is 0. The summed E-state index contributed by atoms with van der Waals surface area (Å²) in [6, 6.07) is 21.3. The number of hydrogen-bond donors (Lipinski definition) is 0. The maximum absolute atomic E-state index is 12.6. The molecule has 2 aromatic carbocycles. The summed E-state index contributed by atoms with van der Waals surface area (Å²) >= 11 is 0. The number of piperidine rings is 1. The SMILES string of the molecule is Cc1nc(Oc2ccc(OCC(=O)OC(C)(C)C)cc2)ccc1CN1CCC(N2C(=O)OC[C@H]2c2ccccc2)CC1. The highest BCUT2D eigenvalue weighted by Crippen LogP contribution is 2.33. The van der Waals surface area contributed by atoms with Gasteiger partial charge in [0.1, 0.15) is 23.7 Å². The van der Waals surface area contributed by atoms with Crippen molar-refractivity contribution in [2.75, 3.05) is 26.3 Å². The summed E-state index contributed by atoms with van der Waals surface area (Å²) in [6.07, 6.45) is 1.61. The zero-order chi connectivity index (χ0) is 29.7. The highest BCUT2D eigenvalue weighted by molar-refractivity contribution is 5.71. The quantitative estimate of drug-likeness (QED) is 0.285. The van der Waals surface area contributed by atoms with Crippen molar-refractivity contribution in [1.29, 1.82) is 0 Å². The van der Waals surface area contributed by atoms with Gasteiger partial charge in [0.25, 0.3) is 0 Å². The number of likely N-dealkylation sites (tertiary alicyclic amines) is 1. The molecule has 222 valence electrons. The molecule has 0 spiro atoms. The lowest BCUT2D eigenvalue weighted by atomic mass is 9.98. The number of carbonyl (C=O) groups is 2. The molecule has 2 fully saturated rings. The van der Waals surface area contributed by atoms with E-state index < -0.39 is 11.6 Å². The number of cyclic esters (lactones) is 1. The molecule has 0 radical (unpaired) electrons. The fourth-order valence-electron chi connectivity index (χ4n) is 5.39. The molecular formula is C33H39N3O6. The van der Waals surface area contributed by atoms with Crippen molar-refractivity contribution in [2.45, 2.75) is 64.8 Å². The topological polar surface area (TPSA) is 90.4 Å². The molecule has 9 nitrogen and oxygen atoms in total. The lowest BCUT2D eigenvalue weighted by molar-refractivity contribution is -0.157. The summed E-state index contributed by atoms with van der Waals surface area (Å²) < 4.78 is 22.2. The van der Waals surface area contributed by atoms with Crippen LogP contribution in [0.2, 0.25) is 0 Å². The molecule has 42 heavy (non-hydrogen) atoms. The van der Waals surface area contributed by atoms with Crippen molar-refractivity contribution in [3.63, 3.8) is 0 Å². The van der Waals surface area contributed by atoms with Crippen LogP contribution in [0.3, 0.4) is 0 Å². The van der Waals surface area contributed by atoms with E-state index in [2.05, 4.69) is 28.1 Å². The molecule has 0 aliphatic carbocycles. The lowest BCUT2D eigenvalue weighted by Gasteiger charge is -2.38. The van der Waals surface area contributed by atoms with E-state index >= 15 is 0 Å². The first-order valence-corrected chi connectivity index (χ1v) is 14.5. The molecule has 2 aliphatic rings. The Bertz CT molecular complexity index is 1360. The van der Waals surface area contributed by atoms with Gasteiger partial charge in [0.05, 0.1) is 6.04 Å². The number of rotatable bonds is 9. The Morgan fingerprint density at radius 3 is 2.33 bits per heavy atom. The normalized spacial score (nSPS) is 18.0. The second kappa shape index (κ2) is 12.8. The van der Waals surface area contributed by atoms with Crippen LogP contribution in [0.4, 0.5) is 4.79 Å². The van der Waals surface area contributed by atoms with Crippen LogP contribution in [0.5, 0.6) is 17.4 Å². The average Bonchev–Trinajstić information content (AvgIpc) is 3.35. The van der Waals surface area contributed by atoms with Gasteiger partial charge in [-0.05, 0) is 75.9 Å². The van der Waals surface area contributed by atoms with E-state index in [0.717, 1.165) is 49.3 Å². The van der Waals surface area contributed by atoms with Crippen LogP contribution in [0, 0.1) is 6.92 Å². The van der Waals surface area contributed by atoms with E-state index in [-0.39, 0.29) is 24.8 Å². The molecule has 0 bridgehead atoms. The number of amides is 1. The van der Waals surface area contributed by atoms with Gasteiger partial charge >= 0.3 is 12.1 Å². The second-order valence-electron chi connectivity index (χ2n) is 11.8. The van der Waals surface area contributed by atoms with E-state index in [0.29, 0.717) is 24.0 Å². The van der Waals surface area contributed by atoms with Crippen LogP contribution in [-0.2, 0) is 20.8 Å². The van der Waals surface area contributed by atoms with E-state index in [9.17, 15) is 9.59 Å². The third-order valence-electron chi connectivity index (χ3n) is 7.43. The zero-order valence-electron chi connectivity index (χ0n) is 24.7. The number of hydrogen-bond acceptors (Lipinski definition) is 8. The maximum Gasteiger partial charge on any atom is 0.410 e. The Kier molecular flexibility index (Phi) is 8.97. The molecule has 3 aromatic rings. The Hall–Kier alpha value is -4.11. The van der Waals surface area contributed by atoms with E-state index in [1.165, 1.54) is 0 Å². The van der Waals surface area contributed by atoms with Crippen LogP contribution in [-0.4, -0.2) is 64.8 Å². The fraction of sp³-hybridized carbons (Fsp3) is 0.424. The van der Waals surface area contributed by atoms with Crippen LogP contribution < -0.4 is 9.47 Å². The van der Waals surface area contributed by atoms with Gasteiger partial charge in [-0.2, -0.15) is 0 Å². The monoisotopic (exact) mass is 573 g/mol. The summed E-state index contributed by atoms with van der Waals surface area (Å²) in [5.74, 6) is 1.26. The predicted octanol–water partition coefficient (Wildman–Crippen LogP) is 6.06. The molecule has 1 amide bonds. The Balaban J connectivity index is 1.11. The highest BCUT2D eigenvalue weighted by Gasteiger charge is 2.40. The molecule has 2 saturated heterocycles. The number of esters is 1. The Morgan fingerprint density at radius 1 is 0.976 bits per heavy atom. The largest absolute Gasteiger partial charge is 0.482 e. The van der Waals surface area contributed by atoms with E-state index in [4.69, 9.17) is 18.9 Å². The van der Waals surface area contributed by atoms with Crippen LogP contribution >= 0.6 is 0 Å². The average molecular weight is 574 g/mol. The summed E-state index contributed by atoms with van der Waals surface area (Å²) in [5.41, 5.74) is 2.64. The predicted molar refractivity (Wildman–Crippen MR) is 157 cm³/mol. The zero-order valence-corrected chi connectivity index (χ0v) is 24.7. The van der Waals surface area contributed by atoms with Crippen molar-refractivity contribution in [1.82, 2.24) is 14.8 Å². The summed E-state index contributed by atoms with van der Waals surface area (Å²) in [6.45, 7) is 10.3. The third kappa shape index (κ3) is 7.59. The Morgan fingerprint density at radius 2 is 1.67 bits per heavy atom. The molecule has 9 heteroatoms. The lowest BCUT2D eigenvalue weighted by Crippen LogP contribution is -2.46. The molecule has 5 rings (SSSR count). The van der Waals surface area contributed by atoms with Crippen LogP contribution in [0.1, 0.15) is 56.5 Å². The Labute approximate surface area is 247 Å². The standard InChI is InChI=1S/C33H39N3O6/c1-23-25(10-15-30(34-23)41-28-13-11-27(12-14-28)39-22-31(37)42-33(2,3)4)20-35-18-16-26(17-19-35)36-29(21-40-32(36)38)24-8-6-5-7-9-24/h5-15,26,29H,16-22H2,1-4H3/t29-/m0/s1. The van der Waals surface area contributed by atoms with Gasteiger partial charge in [0.15, 0.2) is 6.61 Å². The number of aromatic nitrogens is 1. The van der Waals surface area contributed by atoms with Crippen molar-refractivity contribution < 1.29 is 28.5 Å². The van der Waals surface area contributed by atoms with E-state index in [1.54, 1.807) is 24.3 Å². The van der Waals surface area contributed by atoms with Crippen molar-refractivity contribution in [3.05, 3.63) is 83.6 Å². The minimum absolute atomic E-state index is 0.0183. The van der Waals surface area contributed by atoms with E-state index in [1.807, 2.05) is 56.9 Å². The molecule has 2 aliphatic heterocycles. The molecule has 0 N–H and O–H groups in total. The first-order chi connectivity index (χ1) is 20.1. The van der Waals surface area contributed by atoms with Gasteiger partial charge < -0.3 is 18.9 Å². The second-order valence-corrected chi connectivity index (χ2v) is 11.8. The minimum atomic E-state index is -0.548. The molecule has 0 saturated carbocycles. The number of benzene rings is 2. The van der Waals surface area contributed by atoms with Gasteiger partial charge in [-0.1, -0.05) is 36.4 Å².